The topological polar surface area (TPSA) is 52.6 Å². The summed E-state index contributed by atoms with van der Waals surface area (Å²) >= 11 is 0. The van der Waals surface area contributed by atoms with Gasteiger partial charge in [-0.2, -0.15) is 0 Å². The smallest absolute Gasteiger partial charge is 0.227 e. The molecule has 0 spiro atoms. The number of amides is 1. The van der Waals surface area contributed by atoms with Gasteiger partial charge in [-0.1, -0.05) is 19.3 Å². The van der Waals surface area contributed by atoms with Crippen molar-refractivity contribution < 1.29 is 9.90 Å². The number of hydrogen-bond acceptors (Lipinski definition) is 3. The Hall–Kier alpha value is -1.55. The highest BCUT2D eigenvalue weighted by molar-refractivity contribution is 5.91. The molecule has 2 N–H and O–H groups in total. The number of rotatable bonds is 4. The second-order valence-electron chi connectivity index (χ2n) is 7.21. The highest BCUT2D eigenvalue weighted by atomic mass is 16.3. The first kappa shape index (κ1) is 16.3. The lowest BCUT2D eigenvalue weighted by molar-refractivity contribution is -0.122. The number of benzene rings is 1. The van der Waals surface area contributed by atoms with E-state index in [-0.39, 0.29) is 12.3 Å². The molecule has 126 valence electrons. The van der Waals surface area contributed by atoms with Crippen molar-refractivity contribution in [3.8, 4) is 0 Å². The maximum Gasteiger partial charge on any atom is 0.227 e. The number of anilines is 2. The third-order valence-electron chi connectivity index (χ3n) is 5.20. The predicted octanol–water partition coefficient (Wildman–Crippen LogP) is 3.62. The second-order valence-corrected chi connectivity index (χ2v) is 7.21. The largest absolute Gasteiger partial charge is 0.389 e. The first-order valence-electron chi connectivity index (χ1n) is 8.94. The van der Waals surface area contributed by atoms with Gasteiger partial charge in [0.25, 0.3) is 0 Å². The zero-order chi connectivity index (χ0) is 16.3. The van der Waals surface area contributed by atoms with Crippen LogP contribution in [-0.4, -0.2) is 29.7 Å². The molecule has 0 atom stereocenters. The van der Waals surface area contributed by atoms with Gasteiger partial charge in [0.2, 0.25) is 5.91 Å². The molecule has 1 heterocycles. The van der Waals surface area contributed by atoms with Gasteiger partial charge in [0.1, 0.15) is 0 Å². The first-order chi connectivity index (χ1) is 11.1. The van der Waals surface area contributed by atoms with Crippen molar-refractivity contribution in [2.75, 3.05) is 23.3 Å². The van der Waals surface area contributed by atoms with E-state index < -0.39 is 5.60 Å². The van der Waals surface area contributed by atoms with Crippen LogP contribution in [-0.2, 0) is 4.79 Å². The quantitative estimate of drug-likeness (QED) is 0.892. The normalized spacial score (nSPS) is 20.5. The van der Waals surface area contributed by atoms with Gasteiger partial charge < -0.3 is 15.3 Å². The van der Waals surface area contributed by atoms with Crippen molar-refractivity contribution in [2.45, 2.75) is 63.9 Å². The fourth-order valence-electron chi connectivity index (χ4n) is 3.94. The minimum Gasteiger partial charge on any atom is -0.389 e. The Morgan fingerprint density at radius 3 is 2.52 bits per heavy atom. The molecule has 1 aliphatic carbocycles. The third kappa shape index (κ3) is 4.05. The zero-order valence-corrected chi connectivity index (χ0v) is 14.1. The SMILES string of the molecule is Cc1cc(NC(=O)CC2(O)CCCCC2)ccc1N1CCCC1. The van der Waals surface area contributed by atoms with E-state index in [1.807, 2.05) is 12.1 Å². The molecule has 0 radical (unpaired) electrons. The molecule has 2 aliphatic rings. The van der Waals surface area contributed by atoms with Gasteiger partial charge in [-0.25, -0.2) is 0 Å². The summed E-state index contributed by atoms with van der Waals surface area (Å²) in [7, 11) is 0. The zero-order valence-electron chi connectivity index (χ0n) is 14.1. The van der Waals surface area contributed by atoms with Crippen LogP contribution in [0.4, 0.5) is 11.4 Å². The van der Waals surface area contributed by atoms with Crippen molar-refractivity contribution >= 4 is 17.3 Å². The molecular weight excluding hydrogens is 288 g/mol. The molecule has 0 bridgehead atoms. The Morgan fingerprint density at radius 1 is 1.17 bits per heavy atom. The van der Waals surface area contributed by atoms with Crippen LogP contribution in [0.3, 0.4) is 0 Å². The summed E-state index contributed by atoms with van der Waals surface area (Å²) in [6, 6.07) is 6.12. The number of aryl methyl sites for hydroxylation is 1. The van der Waals surface area contributed by atoms with E-state index in [0.29, 0.717) is 0 Å². The van der Waals surface area contributed by atoms with Crippen LogP contribution < -0.4 is 10.2 Å². The standard InChI is InChI=1S/C19H28N2O2/c1-15-13-16(7-8-17(15)21-11-5-6-12-21)20-18(22)14-19(23)9-3-2-4-10-19/h7-8,13,23H,2-6,9-12,14H2,1H3,(H,20,22). The Labute approximate surface area is 138 Å². The summed E-state index contributed by atoms with van der Waals surface area (Å²) in [5.41, 5.74) is 2.50. The highest BCUT2D eigenvalue weighted by Crippen LogP contribution is 2.31. The summed E-state index contributed by atoms with van der Waals surface area (Å²) < 4.78 is 0. The number of hydrogen-bond donors (Lipinski definition) is 2. The van der Waals surface area contributed by atoms with Crippen molar-refractivity contribution in [3.63, 3.8) is 0 Å². The molecule has 0 unspecified atom stereocenters. The van der Waals surface area contributed by atoms with Gasteiger partial charge in [-0.15, -0.1) is 0 Å². The first-order valence-corrected chi connectivity index (χ1v) is 8.94. The average Bonchev–Trinajstić information content (AvgIpc) is 3.01. The number of carbonyl (C=O) groups excluding carboxylic acids is 1. The van der Waals surface area contributed by atoms with Gasteiger partial charge >= 0.3 is 0 Å². The number of nitrogens with zero attached hydrogens (tertiary/aromatic N) is 1. The average molecular weight is 316 g/mol. The molecule has 0 aromatic heterocycles. The molecule has 4 heteroatoms. The summed E-state index contributed by atoms with van der Waals surface area (Å²) in [5.74, 6) is -0.0808. The summed E-state index contributed by atoms with van der Waals surface area (Å²) in [5, 5.41) is 13.5. The van der Waals surface area contributed by atoms with Crippen LogP contribution in [0.15, 0.2) is 18.2 Å². The molecule has 1 amide bonds. The molecular formula is C19H28N2O2. The van der Waals surface area contributed by atoms with E-state index in [9.17, 15) is 9.90 Å². The lowest BCUT2D eigenvalue weighted by Gasteiger charge is -2.31. The van der Waals surface area contributed by atoms with Crippen LogP contribution in [0, 0.1) is 6.92 Å². The van der Waals surface area contributed by atoms with E-state index in [2.05, 4.69) is 23.2 Å². The van der Waals surface area contributed by atoms with Gasteiger partial charge in [0.05, 0.1) is 12.0 Å². The molecule has 1 aliphatic heterocycles. The van der Waals surface area contributed by atoms with E-state index in [1.54, 1.807) is 0 Å². The summed E-state index contributed by atoms with van der Waals surface area (Å²) in [6.07, 6.45) is 7.43. The molecule has 1 saturated heterocycles. The Morgan fingerprint density at radius 2 is 1.87 bits per heavy atom. The lowest BCUT2D eigenvalue weighted by Crippen LogP contribution is -2.35. The second kappa shape index (κ2) is 6.91. The van der Waals surface area contributed by atoms with E-state index in [1.165, 1.54) is 30.5 Å². The van der Waals surface area contributed by atoms with Crippen molar-refractivity contribution in [2.24, 2.45) is 0 Å². The lowest BCUT2D eigenvalue weighted by atomic mass is 9.82. The van der Waals surface area contributed by atoms with Gasteiger partial charge in [0, 0.05) is 24.5 Å². The van der Waals surface area contributed by atoms with Crippen LogP contribution >= 0.6 is 0 Å². The molecule has 1 saturated carbocycles. The molecule has 4 nitrogen and oxygen atoms in total. The molecule has 3 rings (SSSR count). The third-order valence-corrected chi connectivity index (χ3v) is 5.20. The maximum absolute atomic E-state index is 12.3. The fourth-order valence-corrected chi connectivity index (χ4v) is 3.94. The molecule has 1 aromatic carbocycles. The minimum absolute atomic E-state index is 0.0808. The minimum atomic E-state index is -0.799. The Bertz CT molecular complexity index is 558. The monoisotopic (exact) mass is 316 g/mol. The molecule has 23 heavy (non-hydrogen) atoms. The number of carbonyl (C=O) groups is 1. The van der Waals surface area contributed by atoms with Crippen molar-refractivity contribution in [1.82, 2.24) is 0 Å². The summed E-state index contributed by atoms with van der Waals surface area (Å²) in [4.78, 5) is 14.7. The molecule has 1 aromatic rings. The van der Waals surface area contributed by atoms with E-state index in [4.69, 9.17) is 0 Å². The van der Waals surface area contributed by atoms with E-state index >= 15 is 0 Å². The van der Waals surface area contributed by atoms with E-state index in [0.717, 1.165) is 44.5 Å². The number of aliphatic hydroxyl groups is 1. The fraction of sp³-hybridized carbons (Fsp3) is 0.632. The Balaban J connectivity index is 1.61. The predicted molar refractivity (Wildman–Crippen MR) is 93.9 cm³/mol. The molecule has 2 fully saturated rings. The summed E-state index contributed by atoms with van der Waals surface area (Å²) in [6.45, 7) is 4.34. The van der Waals surface area contributed by atoms with Gasteiger partial charge in [0.15, 0.2) is 0 Å². The van der Waals surface area contributed by atoms with Crippen LogP contribution in [0.25, 0.3) is 0 Å². The van der Waals surface area contributed by atoms with Crippen LogP contribution in [0.1, 0.15) is 56.9 Å². The Kier molecular flexibility index (Phi) is 4.90. The van der Waals surface area contributed by atoms with Crippen LogP contribution in [0.2, 0.25) is 0 Å². The highest BCUT2D eigenvalue weighted by Gasteiger charge is 2.31. The number of nitrogens with one attached hydrogen (secondary N) is 1. The maximum atomic E-state index is 12.3. The van der Waals surface area contributed by atoms with Crippen molar-refractivity contribution in [1.29, 1.82) is 0 Å². The van der Waals surface area contributed by atoms with Crippen molar-refractivity contribution in [3.05, 3.63) is 23.8 Å². The van der Waals surface area contributed by atoms with Crippen LogP contribution in [0.5, 0.6) is 0 Å². The van der Waals surface area contributed by atoms with Gasteiger partial charge in [-0.3, -0.25) is 4.79 Å². The van der Waals surface area contributed by atoms with Gasteiger partial charge in [-0.05, 0) is 56.4 Å².